The number of hydrogen-bond acceptors (Lipinski definition) is 5. The average molecular weight is 1010 g/mol. The molecule has 0 aliphatic heterocycles. The lowest BCUT2D eigenvalue weighted by Gasteiger charge is -2.22. The van der Waals surface area contributed by atoms with Crippen molar-refractivity contribution in [2.75, 3.05) is 13.2 Å². The predicted molar refractivity (Wildman–Crippen MR) is 315 cm³/mol. The van der Waals surface area contributed by atoms with Crippen LogP contribution in [-0.4, -0.2) is 47.4 Å². The number of hydrogen-bond donors (Lipinski definition) is 3. The van der Waals surface area contributed by atoms with E-state index in [1.807, 2.05) is 0 Å². The first-order valence-corrected chi connectivity index (χ1v) is 32.6. The minimum absolute atomic E-state index is 0.00285. The lowest BCUT2D eigenvalue weighted by molar-refractivity contribution is -0.143. The van der Waals surface area contributed by atoms with Crippen LogP contribution in [0.15, 0.2) is 24.3 Å². The van der Waals surface area contributed by atoms with Crippen LogP contribution in [0.2, 0.25) is 0 Å². The number of carbonyl (C=O) groups excluding carboxylic acids is 2. The van der Waals surface area contributed by atoms with Crippen molar-refractivity contribution in [2.24, 2.45) is 0 Å². The Morgan fingerprint density at radius 2 is 0.694 bits per heavy atom. The van der Waals surface area contributed by atoms with Crippen molar-refractivity contribution in [1.82, 2.24) is 5.32 Å². The first kappa shape index (κ1) is 70.3. The Bertz CT molecular complexity index is 1120. The number of allylic oxidation sites excluding steroid dienone is 4. The maximum Gasteiger partial charge on any atom is 0.305 e. The number of aliphatic hydroxyl groups excluding tert-OH is 2. The highest BCUT2D eigenvalue weighted by Gasteiger charge is 2.20. The third kappa shape index (κ3) is 57.6. The number of nitrogens with one attached hydrogen (secondary N) is 1. The van der Waals surface area contributed by atoms with Crippen molar-refractivity contribution >= 4 is 11.9 Å². The number of unbranched alkanes of at least 4 members (excludes halogenated alkanes) is 46. The van der Waals surface area contributed by atoms with Crippen LogP contribution in [0.5, 0.6) is 0 Å². The molecule has 0 aromatic rings. The summed E-state index contributed by atoms with van der Waals surface area (Å²) in [7, 11) is 0. The van der Waals surface area contributed by atoms with Crippen LogP contribution in [-0.2, 0) is 14.3 Å². The molecule has 0 fully saturated rings. The molecule has 0 radical (unpaired) electrons. The molecule has 0 aromatic carbocycles. The summed E-state index contributed by atoms with van der Waals surface area (Å²) in [6.07, 6.45) is 76.3. The molecular weight excluding hydrogens is 887 g/mol. The van der Waals surface area contributed by atoms with E-state index in [1.54, 1.807) is 0 Å². The quantitative estimate of drug-likeness (QED) is 0.0320. The van der Waals surface area contributed by atoms with Gasteiger partial charge in [0.2, 0.25) is 5.91 Å². The molecule has 3 N–H and O–H groups in total. The molecule has 0 rings (SSSR count). The Kier molecular flexibility index (Phi) is 60.5. The Hall–Kier alpha value is -1.66. The molecule has 426 valence electrons. The van der Waals surface area contributed by atoms with Gasteiger partial charge in [-0.05, 0) is 57.8 Å². The number of aliphatic hydroxyl groups is 2. The van der Waals surface area contributed by atoms with Gasteiger partial charge in [0.1, 0.15) is 0 Å². The average Bonchev–Trinajstić information content (AvgIpc) is 3.38. The highest BCUT2D eigenvalue weighted by Crippen LogP contribution is 2.18. The smallest absolute Gasteiger partial charge is 0.305 e. The monoisotopic (exact) mass is 1010 g/mol. The van der Waals surface area contributed by atoms with Crippen molar-refractivity contribution in [2.45, 2.75) is 373 Å². The zero-order valence-electron chi connectivity index (χ0n) is 48.7. The van der Waals surface area contributed by atoms with Gasteiger partial charge in [0.05, 0.1) is 25.4 Å². The van der Waals surface area contributed by atoms with Gasteiger partial charge in [-0.1, -0.05) is 314 Å². The molecule has 6 nitrogen and oxygen atoms in total. The largest absolute Gasteiger partial charge is 0.466 e. The number of carbonyl (C=O) groups is 2. The number of esters is 1. The second-order valence-corrected chi connectivity index (χ2v) is 22.5. The van der Waals surface area contributed by atoms with Crippen LogP contribution in [0.1, 0.15) is 361 Å². The first-order chi connectivity index (χ1) is 35.5. The first-order valence-electron chi connectivity index (χ1n) is 32.6. The molecule has 0 saturated carbocycles. The van der Waals surface area contributed by atoms with Crippen LogP contribution >= 0.6 is 0 Å². The van der Waals surface area contributed by atoms with Gasteiger partial charge in [-0.25, -0.2) is 0 Å². The van der Waals surface area contributed by atoms with E-state index in [0.29, 0.717) is 25.9 Å². The number of amides is 1. The van der Waals surface area contributed by atoms with Gasteiger partial charge in [-0.2, -0.15) is 0 Å². The van der Waals surface area contributed by atoms with E-state index in [2.05, 4.69) is 43.5 Å². The van der Waals surface area contributed by atoms with E-state index >= 15 is 0 Å². The number of ether oxygens (including phenoxy) is 1. The third-order valence-electron chi connectivity index (χ3n) is 15.3. The van der Waals surface area contributed by atoms with Crippen LogP contribution < -0.4 is 5.32 Å². The molecule has 1 amide bonds. The summed E-state index contributed by atoms with van der Waals surface area (Å²) in [4.78, 5) is 24.6. The van der Waals surface area contributed by atoms with E-state index in [1.165, 1.54) is 276 Å². The lowest BCUT2D eigenvalue weighted by Crippen LogP contribution is -2.45. The topological polar surface area (TPSA) is 95.9 Å². The van der Waals surface area contributed by atoms with E-state index in [-0.39, 0.29) is 18.5 Å². The van der Waals surface area contributed by atoms with Crippen LogP contribution in [0.3, 0.4) is 0 Å². The summed E-state index contributed by atoms with van der Waals surface area (Å²) in [6.45, 7) is 4.95. The van der Waals surface area contributed by atoms with Gasteiger partial charge in [0.15, 0.2) is 0 Å². The molecule has 0 aliphatic rings. The minimum atomic E-state index is -0.663. The van der Waals surface area contributed by atoms with Gasteiger partial charge in [0, 0.05) is 12.8 Å². The fourth-order valence-electron chi connectivity index (χ4n) is 10.3. The molecule has 0 aromatic heterocycles. The van der Waals surface area contributed by atoms with Crippen molar-refractivity contribution in [1.29, 1.82) is 0 Å². The van der Waals surface area contributed by atoms with E-state index < -0.39 is 12.1 Å². The molecule has 6 heteroatoms. The normalized spacial score (nSPS) is 12.7. The summed E-state index contributed by atoms with van der Waals surface area (Å²) in [6, 6.07) is -0.540. The van der Waals surface area contributed by atoms with Gasteiger partial charge in [-0.15, -0.1) is 0 Å². The van der Waals surface area contributed by atoms with Gasteiger partial charge < -0.3 is 20.3 Å². The molecule has 0 aliphatic carbocycles. The molecule has 0 heterocycles. The summed E-state index contributed by atoms with van der Waals surface area (Å²) in [5.74, 6) is -0.0281. The summed E-state index contributed by atoms with van der Waals surface area (Å²) >= 11 is 0. The highest BCUT2D eigenvalue weighted by molar-refractivity contribution is 5.76. The van der Waals surface area contributed by atoms with Crippen LogP contribution in [0.4, 0.5) is 0 Å². The fraction of sp³-hybridized carbons (Fsp3) is 0.909. The van der Waals surface area contributed by atoms with Crippen molar-refractivity contribution in [3.8, 4) is 0 Å². The van der Waals surface area contributed by atoms with Crippen molar-refractivity contribution in [3.05, 3.63) is 24.3 Å². The summed E-state index contributed by atoms with van der Waals surface area (Å²) in [5, 5.41) is 23.3. The molecule has 0 unspecified atom stereocenters. The zero-order chi connectivity index (χ0) is 52.2. The highest BCUT2D eigenvalue weighted by atomic mass is 16.5. The summed E-state index contributed by atoms with van der Waals surface area (Å²) in [5.41, 5.74) is 0. The van der Waals surface area contributed by atoms with E-state index in [9.17, 15) is 19.8 Å². The molecule has 2 atom stereocenters. The Morgan fingerprint density at radius 3 is 1.08 bits per heavy atom. The second-order valence-electron chi connectivity index (χ2n) is 22.5. The maximum atomic E-state index is 12.5. The maximum absolute atomic E-state index is 12.5. The SMILES string of the molecule is CCCCC/C=C\C/C=C\CCCCCCCC(=O)OCCCCCCCCCCCCCCCCCCCCCCCCCCCC(=O)N[C@@H](CO)[C@H](O)CCCCCCCCCCCCCCCCC. The molecule has 0 saturated heterocycles. The minimum Gasteiger partial charge on any atom is -0.466 e. The van der Waals surface area contributed by atoms with Crippen molar-refractivity contribution < 1.29 is 24.5 Å². The Balaban J connectivity index is 3.36. The fourth-order valence-corrected chi connectivity index (χ4v) is 10.3. The Labute approximate surface area is 450 Å². The van der Waals surface area contributed by atoms with Crippen LogP contribution in [0.25, 0.3) is 0 Å². The molecule has 0 bridgehead atoms. The zero-order valence-corrected chi connectivity index (χ0v) is 48.7. The van der Waals surface area contributed by atoms with Gasteiger partial charge >= 0.3 is 5.97 Å². The van der Waals surface area contributed by atoms with Crippen LogP contribution in [0, 0.1) is 0 Å². The number of rotatable bonds is 61. The molecule has 72 heavy (non-hydrogen) atoms. The van der Waals surface area contributed by atoms with E-state index in [0.717, 1.165) is 51.4 Å². The predicted octanol–water partition coefficient (Wildman–Crippen LogP) is 20.6. The van der Waals surface area contributed by atoms with E-state index in [4.69, 9.17) is 4.74 Å². The third-order valence-corrected chi connectivity index (χ3v) is 15.3. The standard InChI is InChI=1S/C66H127NO5/c1-3-5-7-9-11-13-15-17-30-34-38-42-46-50-54-58-64(69)63(62-68)67-65(70)59-55-51-47-43-39-35-32-28-26-24-22-20-19-21-23-25-27-29-33-37-41-45-49-53-57-61-72-66(71)60-56-52-48-44-40-36-31-18-16-14-12-10-8-6-4-2/h12,14,18,31,63-64,68-69H,3-11,13,15-17,19-30,32-62H2,1-2H3,(H,67,70)/b14-12-,31-18-/t63-,64+/m0/s1. The second kappa shape index (κ2) is 61.9. The summed E-state index contributed by atoms with van der Waals surface area (Å²) < 4.78 is 5.48. The van der Waals surface area contributed by atoms with Gasteiger partial charge in [0.25, 0.3) is 0 Å². The Morgan fingerprint density at radius 1 is 0.389 bits per heavy atom. The molecule has 0 spiro atoms. The van der Waals surface area contributed by atoms with Gasteiger partial charge in [-0.3, -0.25) is 9.59 Å². The van der Waals surface area contributed by atoms with Crippen molar-refractivity contribution in [3.63, 3.8) is 0 Å². The molecular formula is C66H127NO5. The lowest BCUT2D eigenvalue weighted by atomic mass is 10.0.